The Balaban J connectivity index is 1.82. The summed E-state index contributed by atoms with van der Waals surface area (Å²) in [5.74, 6) is 1.38. The first kappa shape index (κ1) is 9.60. The summed E-state index contributed by atoms with van der Waals surface area (Å²) in [6, 6.07) is 12.5. The summed E-state index contributed by atoms with van der Waals surface area (Å²) in [4.78, 5) is 4.77. The van der Waals surface area contributed by atoms with Crippen molar-refractivity contribution in [3.05, 3.63) is 42.1 Å². The van der Waals surface area contributed by atoms with Gasteiger partial charge in [-0.15, -0.1) is 0 Å². The number of nitrogens with zero attached hydrogens (tertiary/aromatic N) is 1. The van der Waals surface area contributed by atoms with Gasteiger partial charge in [0, 0.05) is 5.39 Å². The molecule has 2 aliphatic rings. The van der Waals surface area contributed by atoms with E-state index in [0.29, 0.717) is 11.8 Å². The number of benzene rings is 1. The molecule has 1 aromatic carbocycles. The lowest BCUT2D eigenvalue weighted by Gasteiger charge is -2.15. The lowest BCUT2D eigenvalue weighted by atomic mass is 10.0. The molecular weight excluding hydrogens is 208 g/mol. The fourth-order valence-corrected chi connectivity index (χ4v) is 3.69. The van der Waals surface area contributed by atoms with Crippen LogP contribution in [0, 0.1) is 11.8 Å². The van der Waals surface area contributed by atoms with Crippen LogP contribution < -0.4 is 5.73 Å². The smallest absolute Gasteiger partial charge is 0.0706 e. The van der Waals surface area contributed by atoms with Crippen LogP contribution in [-0.2, 0) is 5.54 Å². The minimum absolute atomic E-state index is 0.109. The highest BCUT2D eigenvalue weighted by Gasteiger charge is 2.65. The highest BCUT2D eigenvalue weighted by atomic mass is 15.0. The second-order valence-corrected chi connectivity index (χ2v) is 5.47. The van der Waals surface area contributed by atoms with Gasteiger partial charge in [0.05, 0.1) is 16.7 Å². The first-order valence-corrected chi connectivity index (χ1v) is 6.45. The number of hydrogen-bond donors (Lipinski definition) is 1. The van der Waals surface area contributed by atoms with E-state index in [-0.39, 0.29) is 5.54 Å². The fraction of sp³-hybridized carbons (Fsp3) is 0.400. The molecule has 2 nitrogen and oxygen atoms in total. The summed E-state index contributed by atoms with van der Waals surface area (Å²) in [6.07, 6.45) is 3.92. The van der Waals surface area contributed by atoms with Crippen molar-refractivity contribution in [1.29, 1.82) is 0 Å². The molecule has 0 bridgehead atoms. The number of hydrogen-bond acceptors (Lipinski definition) is 2. The maximum absolute atomic E-state index is 6.55. The second kappa shape index (κ2) is 3.08. The number of para-hydroxylation sites is 1. The molecule has 2 N–H and O–H groups in total. The molecule has 2 fully saturated rings. The van der Waals surface area contributed by atoms with Crippen molar-refractivity contribution in [3.63, 3.8) is 0 Å². The summed E-state index contributed by atoms with van der Waals surface area (Å²) in [5, 5.41) is 1.20. The minimum atomic E-state index is -0.109. The number of rotatable bonds is 1. The Morgan fingerprint density at radius 3 is 2.65 bits per heavy atom. The van der Waals surface area contributed by atoms with Gasteiger partial charge in [-0.3, -0.25) is 4.98 Å². The molecule has 2 aromatic rings. The molecule has 1 aromatic heterocycles. The molecular formula is C15H16N2. The predicted octanol–water partition coefficient (Wildman–Crippen LogP) is 2.82. The van der Waals surface area contributed by atoms with Crippen molar-refractivity contribution < 1.29 is 0 Å². The van der Waals surface area contributed by atoms with Gasteiger partial charge in [-0.2, -0.15) is 0 Å². The predicted molar refractivity (Wildman–Crippen MR) is 68.4 cm³/mol. The molecule has 0 spiro atoms. The van der Waals surface area contributed by atoms with Crippen LogP contribution in [0.3, 0.4) is 0 Å². The first-order valence-electron chi connectivity index (χ1n) is 6.45. The topological polar surface area (TPSA) is 38.9 Å². The molecule has 2 heteroatoms. The standard InChI is InChI=1S/C15H16N2/c16-15(11-5-3-6-12(11)15)14-9-8-10-4-1-2-7-13(10)17-14/h1-2,4,7-9,11-12H,3,5-6,16H2. The molecule has 86 valence electrons. The lowest BCUT2D eigenvalue weighted by molar-refractivity contribution is 0.515. The SMILES string of the molecule is NC1(c2ccc3ccccc3n2)C2CCCC21. The zero-order valence-electron chi connectivity index (χ0n) is 9.76. The summed E-state index contributed by atoms with van der Waals surface area (Å²) in [6.45, 7) is 0. The summed E-state index contributed by atoms with van der Waals surface area (Å²) in [5.41, 5.74) is 8.61. The van der Waals surface area contributed by atoms with Gasteiger partial charge in [-0.05, 0) is 36.8 Å². The number of nitrogens with two attached hydrogens (primary N) is 1. The third-order valence-corrected chi connectivity index (χ3v) is 4.68. The summed E-state index contributed by atoms with van der Waals surface area (Å²) >= 11 is 0. The Labute approximate surface area is 101 Å². The summed E-state index contributed by atoms with van der Waals surface area (Å²) in [7, 11) is 0. The zero-order valence-corrected chi connectivity index (χ0v) is 9.76. The van der Waals surface area contributed by atoms with Crippen molar-refractivity contribution in [3.8, 4) is 0 Å². The molecule has 2 atom stereocenters. The third kappa shape index (κ3) is 1.16. The maximum atomic E-state index is 6.55. The normalized spacial score (nSPS) is 34.9. The van der Waals surface area contributed by atoms with E-state index in [1.807, 2.05) is 12.1 Å². The van der Waals surface area contributed by atoms with E-state index in [0.717, 1.165) is 11.2 Å². The van der Waals surface area contributed by atoms with E-state index in [4.69, 9.17) is 10.7 Å². The molecule has 17 heavy (non-hydrogen) atoms. The van der Waals surface area contributed by atoms with Crippen molar-refractivity contribution in [2.24, 2.45) is 17.6 Å². The Morgan fingerprint density at radius 1 is 1.06 bits per heavy atom. The largest absolute Gasteiger partial charge is 0.320 e. The van der Waals surface area contributed by atoms with Gasteiger partial charge in [0.15, 0.2) is 0 Å². The van der Waals surface area contributed by atoms with Gasteiger partial charge in [-0.25, -0.2) is 0 Å². The van der Waals surface area contributed by atoms with Gasteiger partial charge in [0.25, 0.3) is 0 Å². The van der Waals surface area contributed by atoms with Gasteiger partial charge in [0.2, 0.25) is 0 Å². The molecule has 2 aliphatic carbocycles. The molecule has 0 radical (unpaired) electrons. The summed E-state index contributed by atoms with van der Waals surface area (Å²) < 4.78 is 0. The van der Waals surface area contributed by atoms with Crippen LogP contribution in [0.5, 0.6) is 0 Å². The average Bonchev–Trinajstić information content (AvgIpc) is 2.79. The lowest BCUT2D eigenvalue weighted by Crippen LogP contribution is -2.26. The van der Waals surface area contributed by atoms with E-state index >= 15 is 0 Å². The number of fused-ring (bicyclic) bond motifs is 2. The molecule has 0 saturated heterocycles. The highest BCUT2D eigenvalue weighted by molar-refractivity contribution is 5.78. The first-order chi connectivity index (χ1) is 8.30. The average molecular weight is 224 g/mol. The quantitative estimate of drug-likeness (QED) is 0.809. The van der Waals surface area contributed by atoms with E-state index in [9.17, 15) is 0 Å². The van der Waals surface area contributed by atoms with E-state index < -0.39 is 0 Å². The maximum Gasteiger partial charge on any atom is 0.0706 e. The second-order valence-electron chi connectivity index (χ2n) is 5.47. The molecule has 0 amide bonds. The monoisotopic (exact) mass is 224 g/mol. The Hall–Kier alpha value is -1.41. The Morgan fingerprint density at radius 2 is 1.82 bits per heavy atom. The third-order valence-electron chi connectivity index (χ3n) is 4.68. The van der Waals surface area contributed by atoms with Crippen molar-refractivity contribution >= 4 is 10.9 Å². The van der Waals surface area contributed by atoms with Gasteiger partial charge < -0.3 is 5.73 Å². The number of aromatic nitrogens is 1. The van der Waals surface area contributed by atoms with Crippen LogP contribution in [0.15, 0.2) is 36.4 Å². The van der Waals surface area contributed by atoms with Crippen molar-refractivity contribution in [2.75, 3.05) is 0 Å². The van der Waals surface area contributed by atoms with E-state index in [2.05, 4.69) is 24.3 Å². The molecule has 2 unspecified atom stereocenters. The van der Waals surface area contributed by atoms with Gasteiger partial charge in [-0.1, -0.05) is 30.7 Å². The van der Waals surface area contributed by atoms with Crippen LogP contribution in [0.1, 0.15) is 25.0 Å². The van der Waals surface area contributed by atoms with E-state index in [1.165, 1.54) is 24.6 Å². The Bertz CT molecular complexity index is 580. The zero-order chi connectivity index (χ0) is 11.5. The van der Waals surface area contributed by atoms with Crippen LogP contribution in [0.2, 0.25) is 0 Å². The van der Waals surface area contributed by atoms with Crippen molar-refractivity contribution in [1.82, 2.24) is 4.98 Å². The van der Waals surface area contributed by atoms with Gasteiger partial charge in [0.1, 0.15) is 0 Å². The molecule has 1 heterocycles. The molecule has 2 saturated carbocycles. The molecule has 0 aliphatic heterocycles. The van der Waals surface area contributed by atoms with Crippen LogP contribution in [-0.4, -0.2) is 4.98 Å². The molecule has 4 rings (SSSR count). The van der Waals surface area contributed by atoms with Crippen LogP contribution >= 0.6 is 0 Å². The number of pyridine rings is 1. The van der Waals surface area contributed by atoms with E-state index in [1.54, 1.807) is 0 Å². The van der Waals surface area contributed by atoms with Crippen molar-refractivity contribution in [2.45, 2.75) is 24.8 Å². The minimum Gasteiger partial charge on any atom is -0.320 e. The fourth-order valence-electron chi connectivity index (χ4n) is 3.69. The highest BCUT2D eigenvalue weighted by Crippen LogP contribution is 2.64. The van der Waals surface area contributed by atoms with Crippen LogP contribution in [0.4, 0.5) is 0 Å². The van der Waals surface area contributed by atoms with Crippen LogP contribution in [0.25, 0.3) is 10.9 Å². The Kier molecular flexibility index (Phi) is 1.74. The van der Waals surface area contributed by atoms with Gasteiger partial charge >= 0.3 is 0 Å².